The van der Waals surface area contributed by atoms with Crippen molar-refractivity contribution in [2.75, 3.05) is 45.7 Å². The molecule has 310 valence electrons. The Hall–Kier alpha value is -6.09. The summed E-state index contributed by atoms with van der Waals surface area (Å²) in [7, 11) is 5.03. The van der Waals surface area contributed by atoms with Crippen LogP contribution in [0.4, 0.5) is 5.69 Å². The average Bonchev–Trinajstić information content (AvgIpc) is 3.47. The summed E-state index contributed by atoms with van der Waals surface area (Å²) in [5.41, 5.74) is 3.66. The average molecular weight is 806 g/mol. The van der Waals surface area contributed by atoms with Crippen molar-refractivity contribution in [1.82, 2.24) is 30.0 Å². The minimum Gasteiger partial charge on any atom is -0.496 e. The first-order valence-corrected chi connectivity index (χ1v) is 20.2. The molecule has 15 heteroatoms. The predicted octanol–water partition coefficient (Wildman–Crippen LogP) is 4.27. The third-order valence-electron chi connectivity index (χ3n) is 11.8. The number of anilines is 1. The number of carbonyl (C=O) groups is 5. The van der Waals surface area contributed by atoms with Crippen LogP contribution in [0, 0.1) is 11.8 Å². The van der Waals surface area contributed by atoms with E-state index >= 15 is 0 Å². The number of nitrogens with zero attached hydrogens (tertiary/aromatic N) is 4. The molecule has 2 aromatic carbocycles. The van der Waals surface area contributed by atoms with Crippen molar-refractivity contribution in [2.45, 2.75) is 64.5 Å². The van der Waals surface area contributed by atoms with Crippen LogP contribution in [0.3, 0.4) is 0 Å². The molecule has 3 aliphatic rings. The second-order valence-electron chi connectivity index (χ2n) is 15.7. The first-order valence-electron chi connectivity index (χ1n) is 20.2. The lowest BCUT2D eigenvalue weighted by Crippen LogP contribution is -2.54. The van der Waals surface area contributed by atoms with Gasteiger partial charge in [-0.2, -0.15) is 0 Å². The number of methoxy groups -OCH3 is 2. The number of nitrogens with one attached hydrogen (secondary N) is 3. The highest BCUT2D eigenvalue weighted by Gasteiger charge is 2.45. The van der Waals surface area contributed by atoms with E-state index in [2.05, 4.69) is 25.8 Å². The molecule has 0 radical (unpaired) electrons. The molecule has 2 unspecified atom stereocenters. The quantitative estimate of drug-likeness (QED) is 0.103. The minimum atomic E-state index is -1.00. The van der Waals surface area contributed by atoms with E-state index in [0.29, 0.717) is 54.0 Å². The highest BCUT2D eigenvalue weighted by molar-refractivity contribution is 6.25. The zero-order chi connectivity index (χ0) is 41.8. The Kier molecular flexibility index (Phi) is 12.4. The first-order chi connectivity index (χ1) is 28.5. The normalized spacial score (nSPS) is 17.4. The van der Waals surface area contributed by atoms with E-state index in [1.807, 2.05) is 24.4 Å². The largest absolute Gasteiger partial charge is 0.496 e. The summed E-state index contributed by atoms with van der Waals surface area (Å²) in [5.74, 6) is 0.0321. The fraction of sp³-hybridized carbons (Fsp3) is 0.432. The Bertz CT molecular complexity index is 2330. The molecular weight excluding hydrogens is 755 g/mol. The van der Waals surface area contributed by atoms with E-state index in [-0.39, 0.29) is 35.4 Å². The zero-order valence-electron chi connectivity index (χ0n) is 34.0. The van der Waals surface area contributed by atoms with Crippen molar-refractivity contribution >= 4 is 46.0 Å². The molecule has 0 saturated carbocycles. The number of benzene rings is 2. The maximum atomic E-state index is 13.4. The number of amides is 5. The molecule has 5 heterocycles. The van der Waals surface area contributed by atoms with Crippen LogP contribution in [0.2, 0.25) is 0 Å². The number of ether oxygens (including phenoxy) is 2. The third-order valence-corrected chi connectivity index (χ3v) is 11.8. The van der Waals surface area contributed by atoms with Crippen LogP contribution in [0.1, 0.15) is 78.1 Å². The summed E-state index contributed by atoms with van der Waals surface area (Å²) in [6.07, 6.45) is 10.1. The van der Waals surface area contributed by atoms with Gasteiger partial charge in [-0.05, 0) is 72.4 Å². The van der Waals surface area contributed by atoms with E-state index in [1.54, 1.807) is 63.4 Å². The van der Waals surface area contributed by atoms with Gasteiger partial charge in [-0.25, -0.2) is 0 Å². The molecule has 3 N–H and O–H groups in total. The highest BCUT2D eigenvalue weighted by atomic mass is 16.5. The van der Waals surface area contributed by atoms with E-state index in [4.69, 9.17) is 9.47 Å². The van der Waals surface area contributed by atoms with Crippen molar-refractivity contribution in [2.24, 2.45) is 18.9 Å². The van der Waals surface area contributed by atoms with Gasteiger partial charge in [0.25, 0.3) is 17.4 Å². The van der Waals surface area contributed by atoms with Gasteiger partial charge >= 0.3 is 0 Å². The number of hydrogen-bond donors (Lipinski definition) is 3. The maximum Gasteiger partial charge on any atom is 0.264 e. The molecular formula is C44H51N7O8. The molecule has 0 spiro atoms. The number of rotatable bonds is 17. The SMILES string of the molecule is COc1cc(-c2cn(C)c(=O)c3cnccc23)cc(OC)c1CN1CC(C(CCCCCCNc2cccc3c2C(=O)N(C2CCC(=O)NC2=O)C3=O)CNC(C)=O)C1. The van der Waals surface area contributed by atoms with Gasteiger partial charge < -0.3 is 24.7 Å². The minimum absolute atomic E-state index is 0.0397. The van der Waals surface area contributed by atoms with Crippen LogP contribution in [-0.4, -0.2) is 95.3 Å². The lowest BCUT2D eigenvalue weighted by Gasteiger charge is -2.44. The highest BCUT2D eigenvalue weighted by Crippen LogP contribution is 2.40. The summed E-state index contributed by atoms with van der Waals surface area (Å²) < 4.78 is 13.4. The molecule has 2 saturated heterocycles. The Morgan fingerprint density at radius 1 is 0.949 bits per heavy atom. The van der Waals surface area contributed by atoms with Crippen LogP contribution < -0.4 is 31.0 Å². The second kappa shape index (κ2) is 17.8. The molecule has 2 aromatic heterocycles. The van der Waals surface area contributed by atoms with Gasteiger partial charge in [0.05, 0.1) is 36.3 Å². The second-order valence-corrected chi connectivity index (χ2v) is 15.7. The van der Waals surface area contributed by atoms with Gasteiger partial charge in [0.1, 0.15) is 17.5 Å². The molecule has 15 nitrogen and oxygen atoms in total. The van der Waals surface area contributed by atoms with E-state index in [1.165, 1.54) is 0 Å². The number of unbranched alkanes of at least 4 members (excludes halogenated alkanes) is 3. The van der Waals surface area contributed by atoms with Gasteiger partial charge in [0, 0.05) is 83.0 Å². The number of hydrogen-bond acceptors (Lipinski definition) is 11. The summed E-state index contributed by atoms with van der Waals surface area (Å²) in [6.45, 7) is 5.18. The molecule has 2 fully saturated rings. The Morgan fingerprint density at radius 2 is 1.69 bits per heavy atom. The number of fused-ring (bicyclic) bond motifs is 2. The fourth-order valence-electron chi connectivity index (χ4n) is 8.65. The van der Waals surface area contributed by atoms with Crippen LogP contribution >= 0.6 is 0 Å². The van der Waals surface area contributed by atoms with Crippen molar-refractivity contribution < 1.29 is 33.4 Å². The molecule has 0 aliphatic carbocycles. The Morgan fingerprint density at radius 3 is 2.41 bits per heavy atom. The molecule has 2 atom stereocenters. The molecule has 59 heavy (non-hydrogen) atoms. The summed E-state index contributed by atoms with van der Waals surface area (Å²) in [4.78, 5) is 82.9. The topological polar surface area (TPSA) is 181 Å². The molecule has 5 amide bonds. The maximum absolute atomic E-state index is 13.4. The van der Waals surface area contributed by atoms with Gasteiger partial charge in [-0.15, -0.1) is 0 Å². The summed E-state index contributed by atoms with van der Waals surface area (Å²) in [5, 5.41) is 9.96. The number of pyridine rings is 2. The zero-order valence-corrected chi connectivity index (χ0v) is 34.0. The predicted molar refractivity (Wildman–Crippen MR) is 221 cm³/mol. The van der Waals surface area contributed by atoms with Gasteiger partial charge in [0.15, 0.2) is 0 Å². The Labute approximate surface area is 342 Å². The number of aryl methyl sites for hydroxylation is 1. The standard InChI is InChI=1S/C44H51N7O8/c1-26(52)47-20-27(10-7-5-6-8-16-46-35-12-9-11-31-40(35)44(57)51(43(31)56)36-13-14-39(53)48-41(36)54)29-22-50(23-29)25-34-37(58-3)18-28(19-38(34)59-4)33-24-49(2)42(55)32-21-45-17-15-30(32)33/h9,11-12,15,17-19,21,24,27,29,36,46H,5-8,10,13-14,16,20,22-23,25H2,1-4H3,(H,47,52)(H,48,53,54). The number of carbonyl (C=O) groups excluding carboxylic acids is 5. The molecule has 4 aromatic rings. The molecule has 3 aliphatic heterocycles. The van der Waals surface area contributed by atoms with E-state index in [0.717, 1.165) is 72.2 Å². The first kappa shape index (κ1) is 41.1. The fourth-order valence-corrected chi connectivity index (χ4v) is 8.65. The van der Waals surface area contributed by atoms with E-state index < -0.39 is 29.7 Å². The summed E-state index contributed by atoms with van der Waals surface area (Å²) in [6, 6.07) is 9.91. The van der Waals surface area contributed by atoms with Crippen LogP contribution in [0.25, 0.3) is 21.9 Å². The monoisotopic (exact) mass is 805 g/mol. The number of likely N-dealkylation sites (tertiary alicyclic amines) is 1. The van der Waals surface area contributed by atoms with Crippen LogP contribution in [0.15, 0.2) is 59.8 Å². The number of aromatic nitrogens is 2. The molecule has 0 bridgehead atoms. The van der Waals surface area contributed by atoms with Gasteiger partial charge in [-0.1, -0.05) is 25.3 Å². The Balaban J connectivity index is 0.911. The van der Waals surface area contributed by atoms with Crippen LogP contribution in [-0.2, 0) is 28.0 Å². The van der Waals surface area contributed by atoms with E-state index in [9.17, 15) is 28.8 Å². The van der Waals surface area contributed by atoms with Crippen LogP contribution in [0.5, 0.6) is 11.5 Å². The van der Waals surface area contributed by atoms with Crippen molar-refractivity contribution in [3.8, 4) is 22.6 Å². The molecule has 7 rings (SSSR count). The smallest absolute Gasteiger partial charge is 0.264 e. The number of imide groups is 2. The van der Waals surface area contributed by atoms with Crippen molar-refractivity contribution in [1.29, 1.82) is 0 Å². The lowest BCUT2D eigenvalue weighted by molar-refractivity contribution is -0.136. The van der Waals surface area contributed by atoms with Gasteiger partial charge in [-0.3, -0.25) is 48.9 Å². The van der Waals surface area contributed by atoms with Crippen molar-refractivity contribution in [3.05, 3.63) is 82.0 Å². The summed E-state index contributed by atoms with van der Waals surface area (Å²) >= 11 is 0. The third kappa shape index (κ3) is 8.56. The number of piperidine rings is 1. The van der Waals surface area contributed by atoms with Gasteiger partial charge in [0.2, 0.25) is 17.7 Å². The lowest BCUT2D eigenvalue weighted by atomic mass is 9.81. The van der Waals surface area contributed by atoms with Crippen molar-refractivity contribution in [3.63, 3.8) is 0 Å².